The summed E-state index contributed by atoms with van der Waals surface area (Å²) in [5.41, 5.74) is 1.92. The Morgan fingerprint density at radius 2 is 1.81 bits per heavy atom. The number of fused-ring (bicyclic) bond motifs is 1. The number of rotatable bonds is 5. The zero-order valence-electron chi connectivity index (χ0n) is 14.6. The summed E-state index contributed by atoms with van der Waals surface area (Å²) in [6.45, 7) is 3.55. The van der Waals surface area contributed by atoms with Gasteiger partial charge in [0.05, 0.1) is 29.9 Å². The summed E-state index contributed by atoms with van der Waals surface area (Å²) in [7, 11) is 1.55. The molecule has 6 nitrogen and oxygen atoms in total. The van der Waals surface area contributed by atoms with E-state index in [4.69, 9.17) is 21.1 Å². The summed E-state index contributed by atoms with van der Waals surface area (Å²) in [6.07, 6.45) is -0.274. The molecule has 0 fully saturated rings. The summed E-state index contributed by atoms with van der Waals surface area (Å²) in [4.78, 5) is 21.5. The number of esters is 1. The molecule has 0 spiro atoms. The molecule has 0 atom stereocenters. The van der Waals surface area contributed by atoms with Crippen LogP contribution in [0.2, 0.25) is 5.02 Å². The molecule has 26 heavy (non-hydrogen) atoms. The van der Waals surface area contributed by atoms with Gasteiger partial charge in [-0.05, 0) is 44.2 Å². The van der Waals surface area contributed by atoms with Crippen molar-refractivity contribution in [1.29, 1.82) is 0 Å². The summed E-state index contributed by atoms with van der Waals surface area (Å²) < 4.78 is 10.6. The second-order valence-electron chi connectivity index (χ2n) is 5.83. The average molecular weight is 372 g/mol. The van der Waals surface area contributed by atoms with Gasteiger partial charge in [0.25, 0.3) is 0 Å². The van der Waals surface area contributed by atoms with E-state index in [0.29, 0.717) is 27.5 Å². The van der Waals surface area contributed by atoms with Crippen LogP contribution >= 0.6 is 11.6 Å². The first-order valence-electron chi connectivity index (χ1n) is 8.06. The Morgan fingerprint density at radius 3 is 2.46 bits per heavy atom. The zero-order valence-corrected chi connectivity index (χ0v) is 15.4. The van der Waals surface area contributed by atoms with Crippen molar-refractivity contribution in [2.45, 2.75) is 20.0 Å². The minimum atomic E-state index is -0.554. The molecule has 3 aromatic rings. The maximum Gasteiger partial charge on any atom is 0.361 e. The molecule has 3 rings (SSSR count). The van der Waals surface area contributed by atoms with E-state index in [9.17, 15) is 4.79 Å². The first-order valence-corrected chi connectivity index (χ1v) is 8.44. The van der Waals surface area contributed by atoms with Gasteiger partial charge in [0.1, 0.15) is 5.75 Å². The van der Waals surface area contributed by atoms with E-state index in [2.05, 4.69) is 15.3 Å². The van der Waals surface area contributed by atoms with Gasteiger partial charge in [0.15, 0.2) is 11.5 Å². The third-order valence-corrected chi connectivity index (χ3v) is 3.76. The Bertz CT molecular complexity index is 960. The van der Waals surface area contributed by atoms with Crippen LogP contribution in [0.15, 0.2) is 42.5 Å². The highest BCUT2D eigenvalue weighted by Crippen LogP contribution is 2.31. The van der Waals surface area contributed by atoms with E-state index < -0.39 is 5.97 Å². The number of nitrogens with zero attached hydrogens (tertiary/aromatic N) is 2. The largest absolute Gasteiger partial charge is 0.495 e. The van der Waals surface area contributed by atoms with E-state index in [-0.39, 0.29) is 17.6 Å². The van der Waals surface area contributed by atoms with Gasteiger partial charge in [-0.3, -0.25) is 0 Å². The minimum absolute atomic E-state index is 0.0967. The van der Waals surface area contributed by atoms with Gasteiger partial charge in [-0.2, -0.15) is 0 Å². The van der Waals surface area contributed by atoms with Crippen LogP contribution in [0, 0.1) is 0 Å². The lowest BCUT2D eigenvalue weighted by molar-refractivity contribution is 0.0372. The molecule has 134 valence electrons. The highest BCUT2D eigenvalue weighted by Gasteiger charge is 2.20. The number of hydrogen-bond donors (Lipinski definition) is 1. The number of methoxy groups -OCH3 is 1. The molecule has 0 amide bonds. The Hall–Kier alpha value is -2.86. The zero-order chi connectivity index (χ0) is 18.7. The third-order valence-electron chi connectivity index (χ3n) is 3.52. The average Bonchev–Trinajstić information content (AvgIpc) is 2.60. The Morgan fingerprint density at radius 1 is 1.12 bits per heavy atom. The van der Waals surface area contributed by atoms with Crippen molar-refractivity contribution in [3.8, 4) is 5.75 Å². The van der Waals surface area contributed by atoms with Crippen molar-refractivity contribution in [1.82, 2.24) is 9.97 Å². The number of nitrogens with one attached hydrogen (secondary N) is 1. The fourth-order valence-electron chi connectivity index (χ4n) is 2.40. The SMILES string of the molecule is COc1ccc(Cl)cc1Nc1nc2ccccc2nc1C(=O)OC(C)C. The van der Waals surface area contributed by atoms with Crippen LogP contribution in [-0.4, -0.2) is 29.2 Å². The molecule has 1 aromatic heterocycles. The predicted octanol–water partition coefficient (Wildman–Crippen LogP) is 4.60. The van der Waals surface area contributed by atoms with Gasteiger partial charge in [-0.25, -0.2) is 14.8 Å². The van der Waals surface area contributed by atoms with E-state index in [1.807, 2.05) is 18.2 Å². The molecular weight excluding hydrogens is 354 g/mol. The van der Waals surface area contributed by atoms with Gasteiger partial charge in [-0.1, -0.05) is 23.7 Å². The summed E-state index contributed by atoms with van der Waals surface area (Å²) in [5.74, 6) is 0.282. The van der Waals surface area contributed by atoms with Crippen molar-refractivity contribution < 1.29 is 14.3 Å². The second-order valence-corrected chi connectivity index (χ2v) is 6.27. The fraction of sp³-hybridized carbons (Fsp3) is 0.211. The number of carbonyl (C=O) groups excluding carboxylic acids is 1. The molecule has 0 unspecified atom stereocenters. The molecule has 0 aliphatic rings. The van der Waals surface area contributed by atoms with Crippen LogP contribution in [0.3, 0.4) is 0 Å². The van der Waals surface area contributed by atoms with Gasteiger partial charge in [0.2, 0.25) is 0 Å². The van der Waals surface area contributed by atoms with E-state index in [1.165, 1.54) is 0 Å². The first-order chi connectivity index (χ1) is 12.5. The van der Waals surface area contributed by atoms with Crippen molar-refractivity contribution in [2.75, 3.05) is 12.4 Å². The third kappa shape index (κ3) is 3.86. The number of ether oxygens (including phenoxy) is 2. The highest BCUT2D eigenvalue weighted by molar-refractivity contribution is 6.31. The highest BCUT2D eigenvalue weighted by atomic mass is 35.5. The maximum absolute atomic E-state index is 12.5. The molecule has 0 bridgehead atoms. The molecular formula is C19H18ClN3O3. The summed E-state index contributed by atoms with van der Waals surface area (Å²) in [6, 6.07) is 12.4. The molecule has 2 aromatic carbocycles. The van der Waals surface area contributed by atoms with Gasteiger partial charge < -0.3 is 14.8 Å². The number of para-hydroxylation sites is 2. The molecule has 0 saturated heterocycles. The normalized spacial score (nSPS) is 10.8. The van der Waals surface area contributed by atoms with E-state index in [0.717, 1.165) is 0 Å². The van der Waals surface area contributed by atoms with E-state index >= 15 is 0 Å². The van der Waals surface area contributed by atoms with Crippen LogP contribution in [0.1, 0.15) is 24.3 Å². The number of anilines is 2. The van der Waals surface area contributed by atoms with Crippen LogP contribution < -0.4 is 10.1 Å². The molecule has 0 aliphatic carbocycles. The molecule has 0 aliphatic heterocycles. The molecule has 0 saturated carbocycles. The quantitative estimate of drug-likeness (QED) is 0.661. The Kier molecular flexibility index (Phi) is 5.23. The maximum atomic E-state index is 12.5. The van der Waals surface area contributed by atoms with Crippen LogP contribution in [0.4, 0.5) is 11.5 Å². The van der Waals surface area contributed by atoms with Crippen LogP contribution in [0.5, 0.6) is 5.75 Å². The van der Waals surface area contributed by atoms with Crippen molar-refractivity contribution in [3.63, 3.8) is 0 Å². The van der Waals surface area contributed by atoms with Crippen molar-refractivity contribution in [3.05, 3.63) is 53.2 Å². The lowest BCUT2D eigenvalue weighted by atomic mass is 10.2. The Labute approximate surface area is 156 Å². The number of hydrogen-bond acceptors (Lipinski definition) is 6. The topological polar surface area (TPSA) is 73.3 Å². The summed E-state index contributed by atoms with van der Waals surface area (Å²) in [5, 5.41) is 3.62. The van der Waals surface area contributed by atoms with Crippen LogP contribution in [-0.2, 0) is 4.74 Å². The smallest absolute Gasteiger partial charge is 0.361 e. The molecule has 0 radical (unpaired) electrons. The lowest BCUT2D eigenvalue weighted by Crippen LogP contribution is -2.16. The molecule has 7 heteroatoms. The Balaban J connectivity index is 2.11. The molecule has 1 heterocycles. The standard InChI is InChI=1S/C19H18ClN3O3/c1-11(2)26-19(24)17-18(22-14-7-5-4-6-13(14)21-17)23-15-10-12(20)8-9-16(15)25-3/h4-11H,1-3H3,(H,22,23). The lowest BCUT2D eigenvalue weighted by Gasteiger charge is -2.15. The van der Waals surface area contributed by atoms with Crippen molar-refractivity contribution in [2.24, 2.45) is 0 Å². The van der Waals surface area contributed by atoms with E-state index in [1.54, 1.807) is 45.2 Å². The second kappa shape index (κ2) is 7.58. The van der Waals surface area contributed by atoms with Gasteiger partial charge in [-0.15, -0.1) is 0 Å². The summed E-state index contributed by atoms with van der Waals surface area (Å²) >= 11 is 6.08. The number of carbonyl (C=O) groups is 1. The number of benzene rings is 2. The van der Waals surface area contributed by atoms with Crippen LogP contribution in [0.25, 0.3) is 11.0 Å². The van der Waals surface area contributed by atoms with Crippen molar-refractivity contribution >= 4 is 40.1 Å². The number of halogens is 1. The first kappa shape index (κ1) is 17.9. The number of aromatic nitrogens is 2. The van der Waals surface area contributed by atoms with Gasteiger partial charge >= 0.3 is 5.97 Å². The molecule has 1 N–H and O–H groups in total. The fourth-order valence-corrected chi connectivity index (χ4v) is 2.58. The van der Waals surface area contributed by atoms with Gasteiger partial charge in [0, 0.05) is 5.02 Å². The minimum Gasteiger partial charge on any atom is -0.495 e. The monoisotopic (exact) mass is 371 g/mol. The predicted molar refractivity (Wildman–Crippen MR) is 101 cm³/mol.